The van der Waals surface area contributed by atoms with E-state index in [1.165, 1.54) is 0 Å². The molecule has 0 aromatic heterocycles. The molecule has 1 aromatic carbocycles. The van der Waals surface area contributed by atoms with Crippen LogP contribution in [0, 0.1) is 21.4 Å². The quantitative estimate of drug-likeness (QED) is 0.468. The van der Waals surface area contributed by atoms with Crippen molar-refractivity contribution in [1.82, 2.24) is 0 Å². The average Bonchev–Trinajstić information content (AvgIpc) is 2.34. The lowest BCUT2D eigenvalue weighted by Gasteiger charge is -2.10. The number of nitro benzene ring substituents is 1. The minimum atomic E-state index is -5.00. The van der Waals surface area contributed by atoms with Crippen LogP contribution in [-0.4, -0.2) is 18.0 Å². The molecule has 0 bridgehead atoms. The molecule has 100 valence electrons. The van der Waals surface area contributed by atoms with Crippen LogP contribution in [0.3, 0.4) is 0 Å². The molecule has 6 nitrogen and oxygen atoms in total. The molecular formula is C10H5F3N2O4. The minimum Gasteiger partial charge on any atom is -0.465 e. The number of benzene rings is 1. The predicted octanol–water partition coefficient (Wildman–Crippen LogP) is 2.27. The van der Waals surface area contributed by atoms with Crippen LogP contribution < -0.4 is 0 Å². The Balaban J connectivity index is 3.71. The molecule has 0 N–H and O–H groups in total. The van der Waals surface area contributed by atoms with Crippen molar-refractivity contribution >= 4 is 11.7 Å². The van der Waals surface area contributed by atoms with Gasteiger partial charge < -0.3 is 4.74 Å². The average molecular weight is 274 g/mol. The number of nitro groups is 1. The first kappa shape index (κ1) is 14.4. The summed E-state index contributed by atoms with van der Waals surface area (Å²) in [6.45, 7) is 0. The lowest BCUT2D eigenvalue weighted by Crippen LogP contribution is -2.13. The zero-order valence-electron chi connectivity index (χ0n) is 9.32. The number of rotatable bonds is 2. The molecule has 0 fully saturated rings. The number of hydrogen-bond donors (Lipinski definition) is 0. The highest BCUT2D eigenvalue weighted by Crippen LogP contribution is 2.36. The van der Waals surface area contributed by atoms with Crippen LogP contribution >= 0.6 is 0 Å². The molecule has 0 amide bonds. The SMILES string of the molecule is COC(=O)c1cc([N+](=O)[O-])c(C#N)c(C(F)(F)F)c1. The number of esters is 1. The van der Waals surface area contributed by atoms with Crippen molar-refractivity contribution in [3.63, 3.8) is 0 Å². The zero-order chi connectivity index (χ0) is 14.8. The fourth-order valence-electron chi connectivity index (χ4n) is 1.35. The van der Waals surface area contributed by atoms with E-state index in [2.05, 4.69) is 4.74 Å². The van der Waals surface area contributed by atoms with Gasteiger partial charge in [0, 0.05) is 6.07 Å². The third-order valence-corrected chi connectivity index (χ3v) is 2.15. The van der Waals surface area contributed by atoms with Gasteiger partial charge in [0.1, 0.15) is 11.6 Å². The van der Waals surface area contributed by atoms with Crippen LogP contribution in [0.15, 0.2) is 12.1 Å². The Morgan fingerprint density at radius 1 is 1.47 bits per heavy atom. The lowest BCUT2D eigenvalue weighted by molar-refractivity contribution is -0.385. The van der Waals surface area contributed by atoms with E-state index in [9.17, 15) is 28.1 Å². The zero-order valence-corrected chi connectivity index (χ0v) is 9.32. The first-order valence-electron chi connectivity index (χ1n) is 4.60. The molecule has 1 aromatic rings. The largest absolute Gasteiger partial charge is 0.465 e. The monoisotopic (exact) mass is 274 g/mol. The summed E-state index contributed by atoms with van der Waals surface area (Å²) < 4.78 is 42.3. The summed E-state index contributed by atoms with van der Waals surface area (Å²) in [7, 11) is 0.916. The maximum absolute atomic E-state index is 12.7. The van der Waals surface area contributed by atoms with Crippen molar-refractivity contribution in [1.29, 1.82) is 5.26 Å². The molecule has 0 heterocycles. The Morgan fingerprint density at radius 2 is 2.05 bits per heavy atom. The molecule has 9 heteroatoms. The Morgan fingerprint density at radius 3 is 2.42 bits per heavy atom. The molecule has 19 heavy (non-hydrogen) atoms. The summed E-state index contributed by atoms with van der Waals surface area (Å²) in [5, 5.41) is 19.3. The van der Waals surface area contributed by atoms with Crippen LogP contribution in [0.25, 0.3) is 0 Å². The molecule has 0 radical (unpaired) electrons. The molecule has 0 unspecified atom stereocenters. The number of hydrogen-bond acceptors (Lipinski definition) is 5. The van der Waals surface area contributed by atoms with Gasteiger partial charge in [0.25, 0.3) is 5.69 Å². The molecule has 0 aliphatic rings. The highest BCUT2D eigenvalue weighted by Gasteiger charge is 2.38. The third kappa shape index (κ3) is 2.79. The maximum atomic E-state index is 12.7. The summed E-state index contributed by atoms with van der Waals surface area (Å²) in [4.78, 5) is 20.7. The van der Waals surface area contributed by atoms with Crippen LogP contribution in [0.1, 0.15) is 21.5 Å². The number of nitrogens with zero attached hydrogens (tertiary/aromatic N) is 2. The normalized spacial score (nSPS) is 10.7. The molecule has 0 aliphatic carbocycles. The van der Waals surface area contributed by atoms with E-state index in [4.69, 9.17) is 5.26 Å². The summed E-state index contributed by atoms with van der Waals surface area (Å²) >= 11 is 0. The van der Waals surface area contributed by atoms with Crippen molar-refractivity contribution in [2.45, 2.75) is 6.18 Å². The van der Waals surface area contributed by atoms with Gasteiger partial charge in [-0.25, -0.2) is 4.79 Å². The van der Waals surface area contributed by atoms with Crippen LogP contribution in [0.2, 0.25) is 0 Å². The first-order valence-corrected chi connectivity index (χ1v) is 4.60. The van der Waals surface area contributed by atoms with Crippen molar-refractivity contribution in [3.8, 4) is 6.07 Å². The second-order valence-corrected chi connectivity index (χ2v) is 3.28. The number of halogens is 3. The Bertz CT molecular complexity index is 590. The molecule has 0 aliphatic heterocycles. The second-order valence-electron chi connectivity index (χ2n) is 3.28. The van der Waals surface area contributed by atoms with Gasteiger partial charge in [0.2, 0.25) is 0 Å². The highest BCUT2D eigenvalue weighted by molar-refractivity contribution is 5.91. The van der Waals surface area contributed by atoms with Crippen LogP contribution in [0.5, 0.6) is 0 Å². The van der Waals surface area contributed by atoms with E-state index in [0.717, 1.165) is 13.2 Å². The Labute approximate surface area is 104 Å². The maximum Gasteiger partial charge on any atom is 0.417 e. The topological polar surface area (TPSA) is 93.2 Å². The standard InChI is InChI=1S/C10H5F3N2O4/c1-19-9(16)5-2-7(10(11,12)13)6(4-14)8(3-5)15(17)18/h2-3H,1H3. The highest BCUT2D eigenvalue weighted by atomic mass is 19.4. The molecule has 0 spiro atoms. The van der Waals surface area contributed by atoms with E-state index < -0.39 is 39.4 Å². The van der Waals surface area contributed by atoms with Crippen LogP contribution in [0.4, 0.5) is 18.9 Å². The predicted molar refractivity (Wildman–Crippen MR) is 54.2 cm³/mol. The van der Waals surface area contributed by atoms with Crippen molar-refractivity contribution < 1.29 is 27.6 Å². The summed E-state index contributed by atoms with van der Waals surface area (Å²) in [6, 6.07) is 2.04. The number of nitriles is 1. The lowest BCUT2D eigenvalue weighted by atomic mass is 10.0. The fraction of sp³-hybridized carbons (Fsp3) is 0.200. The number of carbonyl (C=O) groups is 1. The van der Waals surface area contributed by atoms with Gasteiger partial charge in [-0.1, -0.05) is 0 Å². The van der Waals surface area contributed by atoms with Crippen LogP contribution in [-0.2, 0) is 10.9 Å². The Kier molecular flexibility index (Phi) is 3.75. The molecule has 1 rings (SSSR count). The van der Waals surface area contributed by atoms with Gasteiger partial charge in [-0.3, -0.25) is 10.1 Å². The van der Waals surface area contributed by atoms with Gasteiger partial charge in [0.05, 0.1) is 23.2 Å². The summed E-state index contributed by atoms with van der Waals surface area (Å²) in [5.41, 5.74) is -4.45. The molecule has 0 atom stereocenters. The number of carbonyl (C=O) groups excluding carboxylic acids is 1. The summed E-state index contributed by atoms with van der Waals surface area (Å²) in [6.07, 6.45) is -5.00. The Hall–Kier alpha value is -2.63. The number of methoxy groups -OCH3 is 1. The van der Waals surface area contributed by atoms with Gasteiger partial charge >= 0.3 is 12.1 Å². The summed E-state index contributed by atoms with van der Waals surface area (Å²) in [5.74, 6) is -1.17. The molecule has 0 saturated heterocycles. The van der Waals surface area contributed by atoms with E-state index in [1.54, 1.807) is 0 Å². The van der Waals surface area contributed by atoms with Crippen molar-refractivity contribution in [3.05, 3.63) is 38.9 Å². The second kappa shape index (κ2) is 4.93. The van der Waals surface area contributed by atoms with E-state index in [-0.39, 0.29) is 0 Å². The fourth-order valence-corrected chi connectivity index (χ4v) is 1.35. The van der Waals surface area contributed by atoms with Gasteiger partial charge in [0.15, 0.2) is 0 Å². The smallest absolute Gasteiger partial charge is 0.417 e. The minimum absolute atomic E-state index is 0.345. The number of alkyl halides is 3. The van der Waals surface area contributed by atoms with E-state index in [0.29, 0.717) is 12.1 Å². The molecular weight excluding hydrogens is 269 g/mol. The number of ether oxygens (including phenoxy) is 1. The first-order chi connectivity index (χ1) is 8.72. The van der Waals surface area contributed by atoms with E-state index in [1.807, 2.05) is 0 Å². The molecule has 0 saturated carbocycles. The van der Waals surface area contributed by atoms with Crippen molar-refractivity contribution in [2.24, 2.45) is 0 Å². The van der Waals surface area contributed by atoms with Crippen molar-refractivity contribution in [2.75, 3.05) is 7.11 Å². The van der Waals surface area contributed by atoms with E-state index >= 15 is 0 Å². The third-order valence-electron chi connectivity index (χ3n) is 2.15. The van der Waals surface area contributed by atoms with Gasteiger partial charge in [-0.15, -0.1) is 0 Å². The van der Waals surface area contributed by atoms with Gasteiger partial charge in [-0.05, 0) is 6.07 Å². The van der Waals surface area contributed by atoms with Gasteiger partial charge in [-0.2, -0.15) is 18.4 Å².